The standard InChI is InChI=1S/C25H36O7Si/c1-16(2)33(17(3)4,13-11-21-9-8-18(5)14-22(21)28)30-15-24-25(32-20(7)27)23(10-12-29-24)31-19(6)26/h8-14,16-17,23-25,28H,15H2,1-7H3. The summed E-state index contributed by atoms with van der Waals surface area (Å²) in [5.41, 5.74) is 4.26. The summed E-state index contributed by atoms with van der Waals surface area (Å²) in [6.45, 7) is 13.2. The molecule has 1 aromatic rings. The first-order valence-electron chi connectivity index (χ1n) is 11.3. The Hall–Kier alpha value is -2.58. The summed E-state index contributed by atoms with van der Waals surface area (Å²) in [6, 6.07) is 5.57. The minimum Gasteiger partial charge on any atom is -0.507 e. The minimum atomic E-state index is -2.52. The number of aryl methyl sites for hydroxylation is 1. The van der Waals surface area contributed by atoms with E-state index in [1.165, 1.54) is 20.1 Å². The molecule has 2 rings (SSSR count). The number of hydrogen-bond donors (Lipinski definition) is 1. The molecule has 3 atom stereocenters. The van der Waals surface area contributed by atoms with E-state index in [0.717, 1.165) is 11.1 Å². The molecule has 0 aliphatic carbocycles. The zero-order valence-corrected chi connectivity index (χ0v) is 21.5. The highest BCUT2D eigenvalue weighted by Gasteiger charge is 2.43. The van der Waals surface area contributed by atoms with Crippen molar-refractivity contribution in [3.63, 3.8) is 0 Å². The van der Waals surface area contributed by atoms with Gasteiger partial charge < -0.3 is 23.7 Å². The van der Waals surface area contributed by atoms with E-state index in [-0.39, 0.29) is 23.4 Å². The van der Waals surface area contributed by atoms with E-state index in [1.54, 1.807) is 12.1 Å². The van der Waals surface area contributed by atoms with Crippen molar-refractivity contribution in [2.45, 2.75) is 77.9 Å². The van der Waals surface area contributed by atoms with Gasteiger partial charge in [0, 0.05) is 19.4 Å². The predicted molar refractivity (Wildman–Crippen MR) is 129 cm³/mol. The fourth-order valence-corrected chi connectivity index (χ4v) is 7.82. The van der Waals surface area contributed by atoms with Gasteiger partial charge in [-0.15, -0.1) is 0 Å². The van der Waals surface area contributed by atoms with Crippen molar-refractivity contribution in [1.82, 2.24) is 0 Å². The lowest BCUT2D eigenvalue weighted by molar-refractivity contribution is -0.175. The Balaban J connectivity index is 2.30. The third kappa shape index (κ3) is 6.95. The monoisotopic (exact) mass is 476 g/mol. The first-order valence-corrected chi connectivity index (χ1v) is 13.4. The van der Waals surface area contributed by atoms with Crippen molar-refractivity contribution in [1.29, 1.82) is 0 Å². The number of aromatic hydroxyl groups is 1. The van der Waals surface area contributed by atoms with Crippen molar-refractivity contribution in [2.24, 2.45) is 0 Å². The van der Waals surface area contributed by atoms with Gasteiger partial charge in [-0.05, 0) is 35.7 Å². The Morgan fingerprint density at radius 2 is 1.76 bits per heavy atom. The molecule has 1 aliphatic heterocycles. The van der Waals surface area contributed by atoms with Crippen LogP contribution in [0.3, 0.4) is 0 Å². The third-order valence-corrected chi connectivity index (χ3v) is 10.8. The van der Waals surface area contributed by atoms with Gasteiger partial charge in [-0.25, -0.2) is 0 Å². The van der Waals surface area contributed by atoms with E-state index >= 15 is 0 Å². The van der Waals surface area contributed by atoms with Crippen LogP contribution in [0.5, 0.6) is 5.75 Å². The van der Waals surface area contributed by atoms with Gasteiger partial charge in [0.1, 0.15) is 5.75 Å². The summed E-state index contributed by atoms with van der Waals surface area (Å²) in [5, 5.41) is 10.3. The van der Waals surface area contributed by atoms with E-state index in [9.17, 15) is 14.7 Å². The van der Waals surface area contributed by atoms with Crippen LogP contribution in [0.15, 0.2) is 36.2 Å². The maximum Gasteiger partial charge on any atom is 0.303 e. The molecule has 0 saturated heterocycles. The van der Waals surface area contributed by atoms with E-state index < -0.39 is 38.6 Å². The Labute approximate surface area is 197 Å². The molecule has 1 aliphatic rings. The lowest BCUT2D eigenvalue weighted by atomic mass is 10.1. The zero-order chi connectivity index (χ0) is 24.8. The number of hydrogen-bond acceptors (Lipinski definition) is 7. The molecule has 1 N–H and O–H groups in total. The molecule has 0 bridgehead atoms. The van der Waals surface area contributed by atoms with Crippen LogP contribution in [-0.4, -0.2) is 50.3 Å². The Morgan fingerprint density at radius 1 is 1.12 bits per heavy atom. The summed E-state index contributed by atoms with van der Waals surface area (Å²) < 4.78 is 23.1. The summed E-state index contributed by atoms with van der Waals surface area (Å²) in [7, 11) is -2.52. The normalized spacial score (nSPS) is 20.8. The number of carbonyl (C=O) groups is 2. The molecule has 0 amide bonds. The molecule has 8 heteroatoms. The summed E-state index contributed by atoms with van der Waals surface area (Å²) in [5.74, 6) is -0.745. The van der Waals surface area contributed by atoms with Crippen molar-refractivity contribution in [3.8, 4) is 5.75 Å². The van der Waals surface area contributed by atoms with Crippen molar-refractivity contribution >= 4 is 26.3 Å². The van der Waals surface area contributed by atoms with E-state index in [1.807, 2.05) is 25.1 Å². The first kappa shape index (κ1) is 26.7. The second kappa shape index (κ2) is 11.5. The van der Waals surface area contributed by atoms with E-state index in [0.29, 0.717) is 0 Å². The van der Waals surface area contributed by atoms with Gasteiger partial charge >= 0.3 is 11.9 Å². The molecule has 1 aromatic carbocycles. The fraction of sp³-hybridized carbons (Fsp3) is 0.520. The lowest BCUT2D eigenvalue weighted by Crippen LogP contribution is -2.51. The molecule has 0 spiro atoms. The summed E-state index contributed by atoms with van der Waals surface area (Å²) >= 11 is 0. The van der Waals surface area contributed by atoms with Gasteiger partial charge in [-0.3, -0.25) is 9.59 Å². The Morgan fingerprint density at radius 3 is 2.30 bits per heavy atom. The molecule has 1 heterocycles. The molecule has 3 unspecified atom stereocenters. The summed E-state index contributed by atoms with van der Waals surface area (Å²) in [4.78, 5) is 23.2. The van der Waals surface area contributed by atoms with Crippen LogP contribution in [0.25, 0.3) is 6.08 Å². The van der Waals surface area contributed by atoms with Crippen LogP contribution in [0, 0.1) is 6.92 Å². The Bertz CT molecular complexity index is 883. The number of esters is 2. The maximum absolute atomic E-state index is 11.7. The number of phenolic OH excluding ortho intramolecular Hbond substituents is 1. The molecule has 0 radical (unpaired) electrons. The van der Waals surface area contributed by atoms with Gasteiger partial charge in [0.15, 0.2) is 18.3 Å². The molecular formula is C25H36O7Si. The van der Waals surface area contributed by atoms with Gasteiger partial charge in [-0.2, -0.15) is 0 Å². The Kier molecular flexibility index (Phi) is 9.31. The molecule has 182 valence electrons. The maximum atomic E-state index is 11.7. The average molecular weight is 477 g/mol. The molecule has 33 heavy (non-hydrogen) atoms. The predicted octanol–water partition coefficient (Wildman–Crippen LogP) is 4.81. The molecule has 0 saturated carbocycles. The second-order valence-corrected chi connectivity index (χ2v) is 13.7. The molecule has 0 fully saturated rings. The topological polar surface area (TPSA) is 91.3 Å². The minimum absolute atomic E-state index is 0.160. The summed E-state index contributed by atoms with van der Waals surface area (Å²) in [6.07, 6.45) is 2.74. The van der Waals surface area contributed by atoms with Gasteiger partial charge in [0.05, 0.1) is 12.9 Å². The van der Waals surface area contributed by atoms with Crippen LogP contribution in [-0.2, 0) is 28.2 Å². The number of benzene rings is 1. The van der Waals surface area contributed by atoms with Crippen molar-refractivity contribution in [2.75, 3.05) is 6.61 Å². The molecular weight excluding hydrogens is 440 g/mol. The highest BCUT2D eigenvalue weighted by atomic mass is 28.4. The van der Waals surface area contributed by atoms with Gasteiger partial charge in [-0.1, -0.05) is 51.6 Å². The largest absolute Gasteiger partial charge is 0.507 e. The SMILES string of the molecule is CC(=O)OC1C=COC(CO[Si](C=Cc2ccc(C)cc2O)(C(C)C)C(C)C)C1OC(C)=O. The van der Waals surface area contributed by atoms with Crippen molar-refractivity contribution in [3.05, 3.63) is 47.4 Å². The van der Waals surface area contributed by atoms with Gasteiger partial charge in [0.25, 0.3) is 0 Å². The zero-order valence-electron chi connectivity index (χ0n) is 20.5. The number of carbonyl (C=O) groups excluding carboxylic acids is 2. The van der Waals surface area contributed by atoms with Crippen LogP contribution in [0.2, 0.25) is 11.1 Å². The third-order valence-electron chi connectivity index (χ3n) is 5.83. The van der Waals surface area contributed by atoms with Crippen LogP contribution < -0.4 is 0 Å². The molecule has 0 aromatic heterocycles. The van der Waals surface area contributed by atoms with Crippen LogP contribution >= 0.6 is 0 Å². The number of rotatable bonds is 9. The quantitative estimate of drug-likeness (QED) is 0.404. The smallest absolute Gasteiger partial charge is 0.303 e. The first-order chi connectivity index (χ1) is 15.5. The van der Waals surface area contributed by atoms with Gasteiger partial charge in [0.2, 0.25) is 8.32 Å². The van der Waals surface area contributed by atoms with Crippen LogP contribution in [0.4, 0.5) is 0 Å². The van der Waals surface area contributed by atoms with E-state index in [2.05, 4.69) is 33.4 Å². The van der Waals surface area contributed by atoms with Crippen molar-refractivity contribution < 1.29 is 33.3 Å². The van der Waals surface area contributed by atoms with Crippen LogP contribution in [0.1, 0.15) is 52.7 Å². The second-order valence-electron chi connectivity index (χ2n) is 9.02. The number of ether oxygens (including phenoxy) is 3. The highest BCUT2D eigenvalue weighted by molar-refractivity contribution is 6.81. The fourth-order valence-electron chi connectivity index (χ4n) is 4.06. The molecule has 7 nitrogen and oxygen atoms in total. The highest BCUT2D eigenvalue weighted by Crippen LogP contribution is 2.36. The number of phenols is 1. The lowest BCUT2D eigenvalue weighted by Gasteiger charge is -2.39. The average Bonchev–Trinajstić information content (AvgIpc) is 2.70. The van der Waals surface area contributed by atoms with E-state index in [4.69, 9.17) is 18.6 Å².